The molecule has 0 radical (unpaired) electrons. The molecule has 10 heteroatoms. The quantitative estimate of drug-likeness (QED) is 0.290. The molecule has 3 N–H and O–H groups in total. The third-order valence-electron chi connectivity index (χ3n) is 5.28. The van der Waals surface area contributed by atoms with Crippen LogP contribution < -0.4 is 10.5 Å². The van der Waals surface area contributed by atoms with E-state index in [0.29, 0.717) is 28.4 Å². The number of sulfonamides is 1. The van der Waals surface area contributed by atoms with Crippen molar-refractivity contribution >= 4 is 50.2 Å². The van der Waals surface area contributed by atoms with Gasteiger partial charge >= 0.3 is 0 Å². The Kier molecular flexibility index (Phi) is 6.71. The summed E-state index contributed by atoms with van der Waals surface area (Å²) in [5.41, 5.74) is 2.34. The lowest BCUT2D eigenvalue weighted by Gasteiger charge is -2.07. The summed E-state index contributed by atoms with van der Waals surface area (Å²) in [6, 6.07) is 18.8. The van der Waals surface area contributed by atoms with E-state index in [2.05, 4.69) is 5.32 Å². The maximum absolute atomic E-state index is 13.4. The van der Waals surface area contributed by atoms with Gasteiger partial charge in [0, 0.05) is 39.9 Å². The lowest BCUT2D eigenvalue weighted by molar-refractivity contribution is -0.112. The fourth-order valence-corrected chi connectivity index (χ4v) is 4.33. The molecule has 0 saturated carbocycles. The van der Waals surface area contributed by atoms with Crippen molar-refractivity contribution < 1.29 is 17.6 Å². The van der Waals surface area contributed by atoms with E-state index in [4.69, 9.17) is 16.7 Å². The maximum atomic E-state index is 13.4. The van der Waals surface area contributed by atoms with Crippen LogP contribution in [0.15, 0.2) is 83.4 Å². The third-order valence-corrected chi connectivity index (χ3v) is 6.56. The Labute approximate surface area is 205 Å². The summed E-state index contributed by atoms with van der Waals surface area (Å²) in [4.78, 5) is 12.6. The van der Waals surface area contributed by atoms with E-state index < -0.39 is 21.7 Å². The van der Waals surface area contributed by atoms with Crippen LogP contribution in [-0.2, 0) is 21.4 Å². The summed E-state index contributed by atoms with van der Waals surface area (Å²) in [6.45, 7) is 0.359. The van der Waals surface area contributed by atoms with Crippen LogP contribution in [0.25, 0.3) is 17.0 Å². The second-order valence-corrected chi connectivity index (χ2v) is 9.63. The Hall–Kier alpha value is -3.97. The van der Waals surface area contributed by atoms with E-state index in [1.165, 1.54) is 42.5 Å². The second kappa shape index (κ2) is 9.72. The minimum atomic E-state index is -3.86. The molecule has 0 aliphatic heterocycles. The highest BCUT2D eigenvalue weighted by atomic mass is 35.5. The smallest absolute Gasteiger partial charge is 0.266 e. The van der Waals surface area contributed by atoms with Crippen LogP contribution >= 0.6 is 11.6 Å². The van der Waals surface area contributed by atoms with Gasteiger partial charge in [0.2, 0.25) is 10.0 Å². The molecular weight excluding hydrogens is 491 g/mol. The average Bonchev–Trinajstić information content (AvgIpc) is 3.16. The number of benzene rings is 3. The van der Waals surface area contributed by atoms with E-state index in [0.717, 1.165) is 10.9 Å². The predicted molar refractivity (Wildman–Crippen MR) is 132 cm³/mol. The van der Waals surface area contributed by atoms with Crippen LogP contribution in [0.3, 0.4) is 0 Å². The molecule has 0 fully saturated rings. The van der Waals surface area contributed by atoms with Crippen LogP contribution in [0.1, 0.15) is 11.1 Å². The summed E-state index contributed by atoms with van der Waals surface area (Å²) >= 11 is 6.20. The van der Waals surface area contributed by atoms with Crippen molar-refractivity contribution in [1.29, 1.82) is 5.26 Å². The average molecular weight is 509 g/mol. The zero-order chi connectivity index (χ0) is 25.2. The Bertz CT molecular complexity index is 1620. The first-order chi connectivity index (χ1) is 16.7. The van der Waals surface area contributed by atoms with Crippen molar-refractivity contribution in [2.24, 2.45) is 5.14 Å². The number of para-hydroxylation sites is 1. The molecule has 4 aromatic rings. The normalized spacial score (nSPS) is 11.9. The summed E-state index contributed by atoms with van der Waals surface area (Å²) in [5, 5.41) is 18.4. The number of fused-ring (bicyclic) bond motifs is 1. The van der Waals surface area contributed by atoms with E-state index in [-0.39, 0.29) is 10.5 Å². The van der Waals surface area contributed by atoms with Gasteiger partial charge in [-0.15, -0.1) is 0 Å². The fraction of sp³-hybridized carbons (Fsp3) is 0.0400. The number of nitrogens with zero attached hydrogens (tertiary/aromatic N) is 2. The first-order valence-electron chi connectivity index (χ1n) is 10.2. The van der Waals surface area contributed by atoms with Gasteiger partial charge in [-0.3, -0.25) is 4.79 Å². The topological polar surface area (TPSA) is 118 Å². The molecule has 7 nitrogen and oxygen atoms in total. The van der Waals surface area contributed by atoms with Crippen LogP contribution in [0, 0.1) is 17.1 Å². The highest BCUT2D eigenvalue weighted by molar-refractivity contribution is 7.89. The molecule has 35 heavy (non-hydrogen) atoms. The first kappa shape index (κ1) is 24.2. The van der Waals surface area contributed by atoms with Gasteiger partial charge in [0.15, 0.2) is 0 Å². The molecule has 0 atom stereocenters. The zero-order valence-corrected chi connectivity index (χ0v) is 19.6. The summed E-state index contributed by atoms with van der Waals surface area (Å²) in [5.74, 6) is -1.09. The van der Waals surface area contributed by atoms with E-state index in [1.54, 1.807) is 12.3 Å². The van der Waals surface area contributed by atoms with Crippen molar-refractivity contribution in [3.05, 3.63) is 100 Å². The molecular formula is C25H18ClFN4O3S. The molecule has 176 valence electrons. The van der Waals surface area contributed by atoms with Crippen molar-refractivity contribution in [2.75, 3.05) is 5.32 Å². The zero-order valence-electron chi connectivity index (χ0n) is 18.1. The number of nitrogens with one attached hydrogen (secondary N) is 1. The number of hydrogen-bond donors (Lipinski definition) is 2. The van der Waals surface area contributed by atoms with Gasteiger partial charge in [-0.25, -0.2) is 17.9 Å². The largest absolute Gasteiger partial charge is 0.342 e. The highest BCUT2D eigenvalue weighted by Crippen LogP contribution is 2.27. The van der Waals surface area contributed by atoms with Crippen molar-refractivity contribution in [3.8, 4) is 6.07 Å². The standard InChI is InChI=1S/C25H18ClFN4O3S/c26-23-12-19(27)6-5-16(23)14-31-15-18(22-3-1-2-4-24(22)31)11-17(13-28)25(32)30-20-7-9-21(10-8-20)35(29,33)34/h1-12,15H,14H2,(H,30,32)(H2,29,33,34). The van der Waals surface area contributed by atoms with Gasteiger partial charge in [-0.1, -0.05) is 35.9 Å². The van der Waals surface area contributed by atoms with Gasteiger partial charge in [0.25, 0.3) is 5.91 Å². The van der Waals surface area contributed by atoms with Gasteiger partial charge < -0.3 is 9.88 Å². The monoisotopic (exact) mass is 508 g/mol. The Morgan fingerprint density at radius 2 is 1.86 bits per heavy atom. The molecule has 1 amide bonds. The molecule has 1 aromatic heterocycles. The molecule has 3 aromatic carbocycles. The van der Waals surface area contributed by atoms with Gasteiger partial charge in [-0.05, 0) is 54.1 Å². The number of hydrogen-bond acceptors (Lipinski definition) is 4. The number of amides is 1. The number of rotatable bonds is 6. The van der Waals surface area contributed by atoms with Crippen molar-refractivity contribution in [3.63, 3.8) is 0 Å². The number of carbonyl (C=O) groups excluding carboxylic acids is 1. The lowest BCUT2D eigenvalue weighted by atomic mass is 10.1. The minimum Gasteiger partial charge on any atom is -0.342 e. The predicted octanol–water partition coefficient (Wildman–Crippen LogP) is 4.68. The summed E-state index contributed by atoms with van der Waals surface area (Å²) in [7, 11) is -3.86. The molecule has 0 saturated heterocycles. The SMILES string of the molecule is N#CC(=Cc1cn(Cc2ccc(F)cc2Cl)c2ccccc12)C(=O)Nc1ccc(S(N)(=O)=O)cc1. The van der Waals surface area contributed by atoms with E-state index >= 15 is 0 Å². The van der Waals surface area contributed by atoms with Crippen LogP contribution in [-0.4, -0.2) is 18.9 Å². The van der Waals surface area contributed by atoms with E-state index in [1.807, 2.05) is 34.9 Å². The second-order valence-electron chi connectivity index (χ2n) is 7.66. The molecule has 1 heterocycles. The number of aromatic nitrogens is 1. The fourth-order valence-electron chi connectivity index (χ4n) is 3.58. The van der Waals surface area contributed by atoms with Crippen LogP contribution in [0.2, 0.25) is 5.02 Å². The van der Waals surface area contributed by atoms with Crippen molar-refractivity contribution in [1.82, 2.24) is 4.57 Å². The molecule has 0 unspecified atom stereocenters. The third kappa shape index (κ3) is 5.41. The summed E-state index contributed by atoms with van der Waals surface area (Å²) < 4.78 is 38.1. The molecule has 0 aliphatic carbocycles. The van der Waals surface area contributed by atoms with Gasteiger partial charge in [-0.2, -0.15) is 5.26 Å². The van der Waals surface area contributed by atoms with Crippen LogP contribution in [0.4, 0.5) is 10.1 Å². The minimum absolute atomic E-state index is 0.0967. The number of nitrogens with two attached hydrogens (primary N) is 1. The Balaban J connectivity index is 1.65. The van der Waals surface area contributed by atoms with E-state index in [9.17, 15) is 22.9 Å². The number of primary sulfonamides is 1. The molecule has 0 bridgehead atoms. The number of nitriles is 1. The number of anilines is 1. The molecule has 0 aliphatic rings. The summed E-state index contributed by atoms with van der Waals surface area (Å²) in [6.07, 6.45) is 3.26. The van der Waals surface area contributed by atoms with Gasteiger partial charge in [0.05, 0.1) is 4.90 Å². The maximum Gasteiger partial charge on any atom is 0.266 e. The number of halogens is 2. The Morgan fingerprint density at radius 3 is 2.51 bits per heavy atom. The lowest BCUT2D eigenvalue weighted by Crippen LogP contribution is -2.14. The number of carbonyl (C=O) groups is 1. The molecule has 4 rings (SSSR count). The first-order valence-corrected chi connectivity index (χ1v) is 12.2. The van der Waals surface area contributed by atoms with Gasteiger partial charge in [0.1, 0.15) is 17.5 Å². The molecule has 0 spiro atoms. The van der Waals surface area contributed by atoms with Crippen molar-refractivity contribution in [2.45, 2.75) is 11.4 Å². The highest BCUT2D eigenvalue weighted by Gasteiger charge is 2.14. The van der Waals surface area contributed by atoms with Crippen LogP contribution in [0.5, 0.6) is 0 Å². The Morgan fingerprint density at radius 1 is 1.14 bits per heavy atom.